The Morgan fingerprint density at radius 2 is 2.30 bits per heavy atom. The van der Waals surface area contributed by atoms with Crippen molar-refractivity contribution in [3.8, 4) is 5.75 Å². The zero-order valence-corrected chi connectivity index (χ0v) is 17.8. The lowest BCUT2D eigenvalue weighted by Crippen LogP contribution is -2.48. The second kappa shape index (κ2) is 9.88. The van der Waals surface area contributed by atoms with E-state index in [1.165, 1.54) is 12.1 Å². The first kappa shape index (κ1) is 21.4. The molecule has 1 fully saturated rings. The van der Waals surface area contributed by atoms with Gasteiger partial charge in [0, 0.05) is 31.9 Å². The molecule has 1 aromatic heterocycles. The third-order valence-electron chi connectivity index (χ3n) is 4.22. The van der Waals surface area contributed by atoms with Gasteiger partial charge in [-0.25, -0.2) is 9.38 Å². The Bertz CT molecular complexity index is 783. The number of aryl methyl sites for hydroxylation is 1. The van der Waals surface area contributed by atoms with E-state index in [1.807, 2.05) is 26.4 Å². The number of rotatable bonds is 4. The Kier molecular flexibility index (Phi) is 7.84. The average molecular weight is 489 g/mol. The molecule has 0 saturated carbocycles. The van der Waals surface area contributed by atoms with E-state index in [-0.39, 0.29) is 35.8 Å². The molecule has 0 radical (unpaired) electrons. The number of benzene rings is 1. The molecule has 2 aromatic rings. The van der Waals surface area contributed by atoms with Crippen LogP contribution in [-0.2, 0) is 18.3 Å². The number of aromatic nitrogens is 2. The van der Waals surface area contributed by atoms with Gasteiger partial charge in [-0.05, 0) is 24.6 Å². The molecule has 9 heteroatoms. The molecule has 148 valence electrons. The number of aromatic hydroxyl groups is 1. The predicted molar refractivity (Wildman–Crippen MR) is 112 cm³/mol. The number of hydrogen-bond acceptors (Lipinski definition) is 4. The molecule has 1 saturated heterocycles. The zero-order valence-electron chi connectivity index (χ0n) is 15.4. The summed E-state index contributed by atoms with van der Waals surface area (Å²) in [7, 11) is 1.88. The second-order valence-electron chi connectivity index (χ2n) is 6.21. The summed E-state index contributed by atoms with van der Waals surface area (Å²) in [5.74, 6) is -0.221. The van der Waals surface area contributed by atoms with Gasteiger partial charge in [-0.3, -0.25) is 4.68 Å². The summed E-state index contributed by atoms with van der Waals surface area (Å²) in [5, 5.41) is 16.8. The third kappa shape index (κ3) is 5.55. The van der Waals surface area contributed by atoms with Crippen molar-refractivity contribution in [3.05, 3.63) is 47.5 Å². The molecule has 2 heterocycles. The van der Waals surface area contributed by atoms with E-state index < -0.39 is 5.82 Å². The highest BCUT2D eigenvalue weighted by Gasteiger charge is 2.25. The van der Waals surface area contributed by atoms with Crippen molar-refractivity contribution in [2.45, 2.75) is 19.6 Å². The molecule has 2 N–H and O–H groups in total. The van der Waals surface area contributed by atoms with E-state index in [9.17, 15) is 9.50 Å². The number of phenols is 1. The van der Waals surface area contributed by atoms with Gasteiger partial charge in [-0.2, -0.15) is 5.10 Å². The zero-order chi connectivity index (χ0) is 18.5. The fourth-order valence-electron chi connectivity index (χ4n) is 2.89. The smallest absolute Gasteiger partial charge is 0.194 e. The summed E-state index contributed by atoms with van der Waals surface area (Å²) in [4.78, 5) is 6.76. The van der Waals surface area contributed by atoms with Gasteiger partial charge in [0.25, 0.3) is 0 Å². The maximum Gasteiger partial charge on any atom is 0.194 e. The number of nitrogens with zero attached hydrogens (tertiary/aromatic N) is 4. The van der Waals surface area contributed by atoms with E-state index in [2.05, 4.69) is 20.3 Å². The SMILES string of the molecule is CCNC(=NCc1ccc(O)c(F)c1)N1CCOC(c2cnn(C)c2)C1.I. The molecule has 1 unspecified atom stereocenters. The quantitative estimate of drug-likeness (QED) is 0.392. The molecule has 1 aliphatic rings. The monoisotopic (exact) mass is 489 g/mol. The van der Waals surface area contributed by atoms with Crippen molar-refractivity contribution in [1.82, 2.24) is 20.0 Å². The van der Waals surface area contributed by atoms with Gasteiger partial charge in [0.15, 0.2) is 17.5 Å². The number of phenolic OH excluding ortho intramolecular Hbond substituents is 1. The van der Waals surface area contributed by atoms with Crippen LogP contribution in [0, 0.1) is 5.82 Å². The number of aliphatic imine (C=N–C) groups is 1. The van der Waals surface area contributed by atoms with Crippen LogP contribution in [0.4, 0.5) is 4.39 Å². The fourth-order valence-corrected chi connectivity index (χ4v) is 2.89. The van der Waals surface area contributed by atoms with E-state index in [4.69, 9.17) is 4.74 Å². The van der Waals surface area contributed by atoms with Gasteiger partial charge < -0.3 is 20.1 Å². The van der Waals surface area contributed by atoms with Crippen LogP contribution in [-0.4, -0.2) is 52.0 Å². The lowest BCUT2D eigenvalue weighted by atomic mass is 10.1. The van der Waals surface area contributed by atoms with Crippen LogP contribution in [0.2, 0.25) is 0 Å². The Labute approximate surface area is 175 Å². The number of halogens is 2. The van der Waals surface area contributed by atoms with Gasteiger partial charge >= 0.3 is 0 Å². The van der Waals surface area contributed by atoms with Crippen LogP contribution in [0.1, 0.15) is 24.2 Å². The lowest BCUT2D eigenvalue weighted by molar-refractivity contribution is -0.00805. The van der Waals surface area contributed by atoms with E-state index in [0.717, 1.165) is 24.6 Å². The van der Waals surface area contributed by atoms with E-state index >= 15 is 0 Å². The van der Waals surface area contributed by atoms with Crippen LogP contribution < -0.4 is 5.32 Å². The molecule has 3 rings (SSSR count). The highest BCUT2D eigenvalue weighted by molar-refractivity contribution is 14.0. The Hall–Kier alpha value is -1.88. The maximum absolute atomic E-state index is 13.5. The van der Waals surface area contributed by atoms with E-state index in [0.29, 0.717) is 25.3 Å². The normalized spacial score (nSPS) is 17.5. The number of morpholine rings is 1. The molecule has 1 aromatic carbocycles. The van der Waals surface area contributed by atoms with E-state index in [1.54, 1.807) is 10.7 Å². The summed E-state index contributed by atoms with van der Waals surface area (Å²) in [6.07, 6.45) is 3.71. The molecule has 0 amide bonds. The van der Waals surface area contributed by atoms with Crippen molar-refractivity contribution in [2.24, 2.45) is 12.0 Å². The van der Waals surface area contributed by atoms with Gasteiger partial charge in [0.05, 0.1) is 25.9 Å². The summed E-state index contributed by atoms with van der Waals surface area (Å²) in [6.45, 7) is 5.06. The predicted octanol–water partition coefficient (Wildman–Crippen LogP) is 2.42. The second-order valence-corrected chi connectivity index (χ2v) is 6.21. The number of nitrogens with one attached hydrogen (secondary N) is 1. The van der Waals surface area contributed by atoms with Crippen molar-refractivity contribution in [3.63, 3.8) is 0 Å². The first-order valence-corrected chi connectivity index (χ1v) is 8.67. The van der Waals surface area contributed by atoms with Crippen molar-refractivity contribution < 1.29 is 14.2 Å². The molecule has 1 atom stereocenters. The fraction of sp³-hybridized carbons (Fsp3) is 0.444. The number of hydrogen-bond donors (Lipinski definition) is 2. The molecule has 0 aliphatic carbocycles. The van der Waals surface area contributed by atoms with Crippen molar-refractivity contribution in [2.75, 3.05) is 26.2 Å². The van der Waals surface area contributed by atoms with Crippen LogP contribution in [0.25, 0.3) is 0 Å². The first-order valence-electron chi connectivity index (χ1n) is 8.67. The summed E-state index contributed by atoms with van der Waals surface area (Å²) in [5.41, 5.74) is 1.74. The van der Waals surface area contributed by atoms with Gasteiger partial charge in [-0.1, -0.05) is 6.07 Å². The Balaban J connectivity index is 0.00000261. The summed E-state index contributed by atoms with van der Waals surface area (Å²) in [6, 6.07) is 4.32. The molecule has 7 nitrogen and oxygen atoms in total. The number of guanidine groups is 1. The largest absolute Gasteiger partial charge is 0.505 e. The van der Waals surface area contributed by atoms with Crippen molar-refractivity contribution in [1.29, 1.82) is 0 Å². The molecule has 27 heavy (non-hydrogen) atoms. The highest BCUT2D eigenvalue weighted by atomic mass is 127. The van der Waals surface area contributed by atoms with Crippen LogP contribution in [0.15, 0.2) is 35.6 Å². The Morgan fingerprint density at radius 1 is 1.48 bits per heavy atom. The van der Waals surface area contributed by atoms with Crippen molar-refractivity contribution >= 4 is 29.9 Å². The molecular formula is C18H25FIN5O2. The molecular weight excluding hydrogens is 464 g/mol. The maximum atomic E-state index is 13.5. The first-order chi connectivity index (χ1) is 12.6. The average Bonchev–Trinajstić information content (AvgIpc) is 3.08. The molecule has 0 spiro atoms. The van der Waals surface area contributed by atoms with Gasteiger partial charge in [0.1, 0.15) is 6.10 Å². The minimum Gasteiger partial charge on any atom is -0.505 e. The minimum atomic E-state index is -0.634. The molecule has 1 aliphatic heterocycles. The van der Waals surface area contributed by atoms with Gasteiger partial charge in [0.2, 0.25) is 0 Å². The lowest BCUT2D eigenvalue weighted by Gasteiger charge is -2.34. The standard InChI is InChI=1S/C18H24FN5O2.HI/c1-3-20-18(21-9-13-4-5-16(25)15(19)8-13)24-6-7-26-17(12-24)14-10-22-23(2)11-14;/h4-5,8,10-11,17,25H,3,6-7,9,12H2,1-2H3,(H,20,21);1H. The minimum absolute atomic E-state index is 0. The highest BCUT2D eigenvalue weighted by Crippen LogP contribution is 2.22. The number of ether oxygens (including phenoxy) is 1. The van der Waals surface area contributed by atoms with Crippen LogP contribution in [0.3, 0.4) is 0 Å². The topological polar surface area (TPSA) is 74.9 Å². The molecule has 0 bridgehead atoms. The Morgan fingerprint density at radius 3 is 2.96 bits per heavy atom. The van der Waals surface area contributed by atoms with Crippen LogP contribution in [0.5, 0.6) is 5.75 Å². The summed E-state index contributed by atoms with van der Waals surface area (Å²) < 4.78 is 21.1. The summed E-state index contributed by atoms with van der Waals surface area (Å²) >= 11 is 0. The third-order valence-corrected chi connectivity index (χ3v) is 4.22. The van der Waals surface area contributed by atoms with Gasteiger partial charge in [-0.15, -0.1) is 24.0 Å². The van der Waals surface area contributed by atoms with Crippen LogP contribution >= 0.6 is 24.0 Å².